The lowest BCUT2D eigenvalue weighted by atomic mass is 10.1. The van der Waals surface area contributed by atoms with Gasteiger partial charge in [0.1, 0.15) is 11.4 Å². The Labute approximate surface area is 104 Å². The van der Waals surface area contributed by atoms with Gasteiger partial charge in [0.2, 0.25) is 0 Å². The lowest BCUT2D eigenvalue weighted by Crippen LogP contribution is -2.26. The summed E-state index contributed by atoms with van der Waals surface area (Å²) in [4.78, 5) is 11.9. The maximum atomic E-state index is 11.9. The number of nitrogens with two attached hydrogens (primary N) is 1. The van der Waals surface area contributed by atoms with Gasteiger partial charge >= 0.3 is 0 Å². The Bertz CT molecular complexity index is 563. The van der Waals surface area contributed by atoms with Crippen molar-refractivity contribution in [2.24, 2.45) is 0 Å². The first-order valence-electron chi connectivity index (χ1n) is 5.90. The molecule has 3 rings (SSSR count). The quantitative estimate of drug-likeness (QED) is 0.758. The molecule has 1 aliphatic rings. The number of rotatable bonds is 3. The molecule has 0 saturated heterocycles. The second-order valence-corrected chi connectivity index (χ2v) is 4.53. The van der Waals surface area contributed by atoms with Gasteiger partial charge in [-0.2, -0.15) is 5.10 Å². The van der Waals surface area contributed by atoms with Gasteiger partial charge in [0.25, 0.3) is 5.91 Å². The van der Waals surface area contributed by atoms with E-state index in [2.05, 4.69) is 27.6 Å². The van der Waals surface area contributed by atoms with Crippen molar-refractivity contribution in [1.29, 1.82) is 0 Å². The van der Waals surface area contributed by atoms with Crippen LogP contribution in [-0.2, 0) is 0 Å². The minimum Gasteiger partial charge on any atom is -0.383 e. The Morgan fingerprint density at radius 1 is 1.39 bits per heavy atom. The number of nitrogens with one attached hydrogen (secondary N) is 2. The van der Waals surface area contributed by atoms with Crippen LogP contribution in [0.3, 0.4) is 0 Å². The Hall–Kier alpha value is -2.30. The molecule has 92 valence electrons. The third kappa shape index (κ3) is 1.95. The van der Waals surface area contributed by atoms with Crippen LogP contribution in [0.25, 0.3) is 0 Å². The molecule has 1 aliphatic carbocycles. The van der Waals surface area contributed by atoms with E-state index >= 15 is 0 Å². The summed E-state index contributed by atoms with van der Waals surface area (Å²) in [5.74, 6) is 0.567. The molecule has 18 heavy (non-hydrogen) atoms. The van der Waals surface area contributed by atoms with E-state index in [4.69, 9.17) is 5.73 Å². The maximum Gasteiger partial charge on any atom is 0.256 e. The standard InChI is InChI=1S/C13H14N4O/c14-12-10(7-15-17-12)13(18)16-11-6-9(11)8-4-2-1-3-5-8/h1-5,7,9,11H,6H2,(H,16,18)(H3,14,15,17). The molecule has 5 nitrogen and oxygen atoms in total. The molecule has 1 saturated carbocycles. The molecule has 2 unspecified atom stereocenters. The Kier molecular flexibility index (Phi) is 2.51. The van der Waals surface area contributed by atoms with Crippen LogP contribution >= 0.6 is 0 Å². The number of anilines is 1. The second-order valence-electron chi connectivity index (χ2n) is 4.53. The van der Waals surface area contributed by atoms with Crippen LogP contribution in [0, 0.1) is 0 Å². The average molecular weight is 242 g/mol. The fourth-order valence-electron chi connectivity index (χ4n) is 2.15. The van der Waals surface area contributed by atoms with Crippen LogP contribution < -0.4 is 11.1 Å². The lowest BCUT2D eigenvalue weighted by Gasteiger charge is -2.03. The van der Waals surface area contributed by atoms with Crippen molar-refractivity contribution in [3.05, 3.63) is 47.7 Å². The van der Waals surface area contributed by atoms with Gasteiger partial charge in [-0.3, -0.25) is 9.89 Å². The van der Waals surface area contributed by atoms with Gasteiger partial charge in [-0.25, -0.2) is 0 Å². The van der Waals surface area contributed by atoms with E-state index in [9.17, 15) is 4.79 Å². The predicted octanol–water partition coefficient (Wildman–Crippen LogP) is 1.28. The molecule has 1 fully saturated rings. The number of aromatic amines is 1. The van der Waals surface area contributed by atoms with Crippen molar-refractivity contribution in [3.8, 4) is 0 Å². The Morgan fingerprint density at radius 2 is 2.17 bits per heavy atom. The summed E-state index contributed by atoms with van der Waals surface area (Å²) >= 11 is 0. The third-order valence-corrected chi connectivity index (χ3v) is 3.25. The molecule has 5 heteroatoms. The van der Waals surface area contributed by atoms with E-state index < -0.39 is 0 Å². The fourth-order valence-corrected chi connectivity index (χ4v) is 2.15. The predicted molar refractivity (Wildman–Crippen MR) is 68.1 cm³/mol. The number of amides is 1. The molecule has 1 amide bonds. The zero-order chi connectivity index (χ0) is 12.5. The van der Waals surface area contributed by atoms with Crippen molar-refractivity contribution < 1.29 is 4.79 Å². The van der Waals surface area contributed by atoms with E-state index in [0.717, 1.165) is 6.42 Å². The Balaban J connectivity index is 1.64. The zero-order valence-corrected chi connectivity index (χ0v) is 9.76. The van der Waals surface area contributed by atoms with Gasteiger partial charge in [0.05, 0.1) is 6.20 Å². The monoisotopic (exact) mass is 242 g/mol. The number of nitrogens with zero attached hydrogens (tertiary/aromatic N) is 1. The van der Waals surface area contributed by atoms with Crippen molar-refractivity contribution in [3.63, 3.8) is 0 Å². The van der Waals surface area contributed by atoms with Gasteiger partial charge in [0.15, 0.2) is 0 Å². The molecule has 0 spiro atoms. The van der Waals surface area contributed by atoms with Crippen LogP contribution in [-0.4, -0.2) is 22.1 Å². The van der Waals surface area contributed by atoms with Gasteiger partial charge < -0.3 is 11.1 Å². The number of nitrogen functional groups attached to an aromatic ring is 1. The number of H-pyrrole nitrogens is 1. The van der Waals surface area contributed by atoms with E-state index in [1.165, 1.54) is 11.8 Å². The van der Waals surface area contributed by atoms with Gasteiger partial charge in [-0.05, 0) is 12.0 Å². The molecular formula is C13H14N4O. The molecule has 1 aromatic heterocycles. The minimum atomic E-state index is -0.162. The number of carbonyl (C=O) groups is 1. The number of hydrogen-bond donors (Lipinski definition) is 3. The first-order valence-corrected chi connectivity index (χ1v) is 5.90. The molecule has 1 aromatic carbocycles. The smallest absolute Gasteiger partial charge is 0.256 e. The van der Waals surface area contributed by atoms with Crippen molar-refractivity contribution in [1.82, 2.24) is 15.5 Å². The number of aromatic nitrogens is 2. The fraction of sp³-hybridized carbons (Fsp3) is 0.231. The zero-order valence-electron chi connectivity index (χ0n) is 9.76. The molecule has 1 heterocycles. The summed E-state index contributed by atoms with van der Waals surface area (Å²) in [6.07, 6.45) is 2.43. The number of hydrogen-bond acceptors (Lipinski definition) is 3. The average Bonchev–Trinajstić information content (AvgIpc) is 3.01. The first kappa shape index (κ1) is 10.8. The van der Waals surface area contributed by atoms with Crippen molar-refractivity contribution in [2.45, 2.75) is 18.4 Å². The van der Waals surface area contributed by atoms with Crippen LogP contribution in [0.4, 0.5) is 5.82 Å². The van der Waals surface area contributed by atoms with E-state index in [0.29, 0.717) is 17.3 Å². The second kappa shape index (κ2) is 4.18. The highest BCUT2D eigenvalue weighted by Gasteiger charge is 2.39. The summed E-state index contributed by atoms with van der Waals surface area (Å²) in [5, 5.41) is 9.26. The van der Waals surface area contributed by atoms with Crippen LogP contribution in [0.5, 0.6) is 0 Å². The number of carbonyl (C=O) groups excluding carboxylic acids is 1. The summed E-state index contributed by atoms with van der Waals surface area (Å²) in [6.45, 7) is 0. The lowest BCUT2D eigenvalue weighted by molar-refractivity contribution is 0.0951. The normalized spacial score (nSPS) is 21.6. The summed E-state index contributed by atoms with van der Waals surface area (Å²) in [6, 6.07) is 10.4. The number of benzene rings is 1. The summed E-state index contributed by atoms with van der Waals surface area (Å²) in [7, 11) is 0. The molecule has 0 bridgehead atoms. The Morgan fingerprint density at radius 3 is 2.83 bits per heavy atom. The van der Waals surface area contributed by atoms with E-state index in [1.807, 2.05) is 18.2 Å². The first-order chi connectivity index (χ1) is 8.75. The molecule has 0 aliphatic heterocycles. The van der Waals surface area contributed by atoms with Crippen LogP contribution in [0.2, 0.25) is 0 Å². The van der Waals surface area contributed by atoms with Crippen LogP contribution in [0.1, 0.15) is 28.3 Å². The van der Waals surface area contributed by atoms with Gasteiger partial charge in [-0.15, -0.1) is 0 Å². The van der Waals surface area contributed by atoms with Gasteiger partial charge in [0, 0.05) is 12.0 Å². The van der Waals surface area contributed by atoms with Crippen molar-refractivity contribution >= 4 is 11.7 Å². The van der Waals surface area contributed by atoms with E-state index in [-0.39, 0.29) is 11.9 Å². The molecule has 0 radical (unpaired) electrons. The molecule has 4 N–H and O–H groups in total. The highest BCUT2D eigenvalue weighted by Crippen LogP contribution is 2.40. The highest BCUT2D eigenvalue weighted by molar-refractivity contribution is 5.98. The minimum absolute atomic E-state index is 0.162. The highest BCUT2D eigenvalue weighted by atomic mass is 16.1. The van der Waals surface area contributed by atoms with Gasteiger partial charge in [-0.1, -0.05) is 30.3 Å². The SMILES string of the molecule is Nc1[nH]ncc1C(=O)NC1CC1c1ccccc1. The largest absolute Gasteiger partial charge is 0.383 e. The summed E-state index contributed by atoms with van der Waals surface area (Å²) in [5.41, 5.74) is 7.28. The maximum absolute atomic E-state index is 11.9. The summed E-state index contributed by atoms with van der Waals surface area (Å²) < 4.78 is 0. The molecule has 2 aromatic rings. The van der Waals surface area contributed by atoms with E-state index in [1.54, 1.807) is 0 Å². The van der Waals surface area contributed by atoms with Crippen molar-refractivity contribution in [2.75, 3.05) is 5.73 Å². The molecular weight excluding hydrogens is 228 g/mol. The topological polar surface area (TPSA) is 83.8 Å². The molecule has 2 atom stereocenters. The van der Waals surface area contributed by atoms with Crippen LogP contribution in [0.15, 0.2) is 36.5 Å². The third-order valence-electron chi connectivity index (χ3n) is 3.25.